The van der Waals surface area contributed by atoms with Crippen molar-refractivity contribution in [3.05, 3.63) is 60.4 Å². The molecule has 0 aliphatic carbocycles. The lowest BCUT2D eigenvalue weighted by Gasteiger charge is -2.12. The lowest BCUT2D eigenvalue weighted by Crippen LogP contribution is -2.15. The Labute approximate surface area is 144 Å². The second kappa shape index (κ2) is 5.65. The highest BCUT2D eigenvalue weighted by Gasteiger charge is 2.14. The Hall–Kier alpha value is -1.43. The van der Waals surface area contributed by atoms with Crippen LogP contribution < -0.4 is 5.43 Å². The molecule has 3 aromatic rings. The van der Waals surface area contributed by atoms with Gasteiger partial charge >= 0.3 is 0 Å². The number of halogens is 3. The minimum atomic E-state index is -0.241. The molecule has 0 aliphatic rings. The van der Waals surface area contributed by atoms with Gasteiger partial charge in [-0.25, -0.2) is 9.67 Å². The zero-order valence-electron chi connectivity index (χ0n) is 11.7. The summed E-state index contributed by atoms with van der Waals surface area (Å²) in [7, 11) is 0. The summed E-state index contributed by atoms with van der Waals surface area (Å²) in [6.07, 6.45) is 0. The molecule has 0 saturated carbocycles. The van der Waals surface area contributed by atoms with E-state index in [0.717, 1.165) is 11.3 Å². The molecular formula is C15H10BrCl2N3O. The number of benzene rings is 1. The summed E-state index contributed by atoms with van der Waals surface area (Å²) in [6.45, 7) is 3.81. The molecule has 0 saturated heterocycles. The van der Waals surface area contributed by atoms with Crippen molar-refractivity contribution >= 4 is 50.2 Å². The van der Waals surface area contributed by atoms with E-state index in [0.29, 0.717) is 26.8 Å². The molecule has 0 atom stereocenters. The number of aryl methyl sites for hydroxylation is 2. The quantitative estimate of drug-likeness (QED) is 0.607. The number of nitrogens with zero attached hydrogens (tertiary/aromatic N) is 3. The highest BCUT2D eigenvalue weighted by Crippen LogP contribution is 2.26. The van der Waals surface area contributed by atoms with Gasteiger partial charge < -0.3 is 0 Å². The van der Waals surface area contributed by atoms with Crippen molar-refractivity contribution in [2.45, 2.75) is 13.8 Å². The lowest BCUT2D eigenvalue weighted by molar-refractivity contribution is 0.856. The van der Waals surface area contributed by atoms with Gasteiger partial charge in [0.05, 0.1) is 21.2 Å². The molecule has 0 N–H and O–H groups in total. The normalized spacial score (nSPS) is 11.1. The molecular weight excluding hydrogens is 389 g/mol. The van der Waals surface area contributed by atoms with Gasteiger partial charge in [0.15, 0.2) is 4.60 Å². The third-order valence-electron chi connectivity index (χ3n) is 3.41. The molecule has 0 bridgehead atoms. The van der Waals surface area contributed by atoms with E-state index in [9.17, 15) is 4.79 Å². The highest BCUT2D eigenvalue weighted by atomic mass is 79.9. The van der Waals surface area contributed by atoms with Gasteiger partial charge in [-0.3, -0.25) is 4.79 Å². The van der Waals surface area contributed by atoms with E-state index in [1.807, 2.05) is 19.9 Å². The molecule has 4 nitrogen and oxygen atoms in total. The van der Waals surface area contributed by atoms with Crippen LogP contribution in [0.2, 0.25) is 10.0 Å². The maximum absolute atomic E-state index is 12.3. The maximum Gasteiger partial charge on any atom is 0.240 e. The second-order valence-electron chi connectivity index (χ2n) is 4.89. The van der Waals surface area contributed by atoms with Crippen LogP contribution in [0.3, 0.4) is 0 Å². The van der Waals surface area contributed by atoms with Crippen LogP contribution in [0.15, 0.2) is 33.7 Å². The molecule has 1 aromatic carbocycles. The van der Waals surface area contributed by atoms with Crippen molar-refractivity contribution in [2.24, 2.45) is 0 Å². The summed E-state index contributed by atoms with van der Waals surface area (Å²) >= 11 is 15.2. The molecule has 0 amide bonds. The third kappa shape index (κ3) is 2.53. The van der Waals surface area contributed by atoms with Crippen LogP contribution in [-0.4, -0.2) is 14.8 Å². The predicted molar refractivity (Wildman–Crippen MR) is 92.3 cm³/mol. The topological polar surface area (TPSA) is 47.8 Å². The minimum absolute atomic E-state index is 0.196. The van der Waals surface area contributed by atoms with Gasteiger partial charge in [0, 0.05) is 5.69 Å². The zero-order valence-corrected chi connectivity index (χ0v) is 14.8. The molecule has 7 heteroatoms. The SMILES string of the molecule is Cc1cc2c(nc1C)c(=O)c(Br)nn2-c1ccc(Cl)c(Cl)c1. The molecule has 22 heavy (non-hydrogen) atoms. The van der Waals surface area contributed by atoms with Gasteiger partial charge in [-0.1, -0.05) is 23.2 Å². The number of hydrogen-bond donors (Lipinski definition) is 0. The Kier molecular flexibility index (Phi) is 3.97. The van der Waals surface area contributed by atoms with Crippen molar-refractivity contribution in [3.8, 4) is 5.69 Å². The lowest BCUT2D eigenvalue weighted by atomic mass is 10.2. The molecule has 0 radical (unpaired) electrons. The van der Waals surface area contributed by atoms with E-state index in [2.05, 4.69) is 26.0 Å². The predicted octanol–water partition coefficient (Wildman–Crippen LogP) is 4.47. The number of pyridine rings is 1. The van der Waals surface area contributed by atoms with Crippen LogP contribution in [0.5, 0.6) is 0 Å². The van der Waals surface area contributed by atoms with Crippen LogP contribution in [0.4, 0.5) is 0 Å². The van der Waals surface area contributed by atoms with E-state index in [1.165, 1.54) is 0 Å². The molecule has 0 spiro atoms. The number of hydrogen-bond acceptors (Lipinski definition) is 3. The van der Waals surface area contributed by atoms with Crippen LogP contribution >= 0.6 is 39.1 Å². The van der Waals surface area contributed by atoms with Crippen molar-refractivity contribution in [1.82, 2.24) is 14.8 Å². The van der Waals surface area contributed by atoms with Crippen molar-refractivity contribution in [1.29, 1.82) is 0 Å². The average molecular weight is 399 g/mol. The number of rotatable bonds is 1. The summed E-state index contributed by atoms with van der Waals surface area (Å²) < 4.78 is 1.82. The van der Waals surface area contributed by atoms with E-state index >= 15 is 0 Å². The van der Waals surface area contributed by atoms with Gasteiger partial charge in [-0.15, -0.1) is 0 Å². The van der Waals surface area contributed by atoms with E-state index < -0.39 is 0 Å². The van der Waals surface area contributed by atoms with Crippen molar-refractivity contribution < 1.29 is 0 Å². The Morgan fingerprint density at radius 1 is 1.14 bits per heavy atom. The van der Waals surface area contributed by atoms with E-state index in [1.54, 1.807) is 22.9 Å². The van der Waals surface area contributed by atoms with Gasteiger partial charge in [0.25, 0.3) is 0 Å². The first-order chi connectivity index (χ1) is 10.4. The van der Waals surface area contributed by atoms with Crippen LogP contribution in [-0.2, 0) is 0 Å². The first-order valence-corrected chi connectivity index (χ1v) is 7.95. The summed E-state index contributed by atoms with van der Waals surface area (Å²) in [5.74, 6) is 0. The molecule has 3 rings (SSSR count). The van der Waals surface area contributed by atoms with Gasteiger partial charge in [0.1, 0.15) is 5.52 Å². The Morgan fingerprint density at radius 2 is 1.86 bits per heavy atom. The smallest absolute Gasteiger partial charge is 0.240 e. The molecule has 0 aliphatic heterocycles. The first-order valence-electron chi connectivity index (χ1n) is 6.40. The number of fused-ring (bicyclic) bond motifs is 1. The van der Waals surface area contributed by atoms with Crippen LogP contribution in [0, 0.1) is 13.8 Å². The Morgan fingerprint density at radius 3 is 2.55 bits per heavy atom. The number of aromatic nitrogens is 3. The fourth-order valence-electron chi connectivity index (χ4n) is 2.12. The summed E-state index contributed by atoms with van der Waals surface area (Å²) in [6, 6.07) is 7.06. The molecule has 112 valence electrons. The van der Waals surface area contributed by atoms with E-state index in [4.69, 9.17) is 23.2 Å². The molecule has 2 aromatic heterocycles. The summed E-state index contributed by atoms with van der Waals surface area (Å²) in [5, 5.41) is 5.17. The fourth-order valence-corrected chi connectivity index (χ4v) is 2.76. The average Bonchev–Trinajstić information content (AvgIpc) is 2.48. The highest BCUT2D eigenvalue weighted by molar-refractivity contribution is 9.10. The third-order valence-corrected chi connectivity index (χ3v) is 4.67. The molecule has 0 unspecified atom stereocenters. The van der Waals surface area contributed by atoms with Gasteiger partial charge in [-0.05, 0) is 59.6 Å². The van der Waals surface area contributed by atoms with Crippen LogP contribution in [0.1, 0.15) is 11.3 Å². The van der Waals surface area contributed by atoms with Gasteiger partial charge in [0.2, 0.25) is 5.43 Å². The molecule has 2 heterocycles. The second-order valence-corrected chi connectivity index (χ2v) is 6.45. The minimum Gasteiger partial charge on any atom is -0.284 e. The van der Waals surface area contributed by atoms with Crippen molar-refractivity contribution in [3.63, 3.8) is 0 Å². The zero-order chi connectivity index (χ0) is 16.0. The fraction of sp³-hybridized carbons (Fsp3) is 0.133. The van der Waals surface area contributed by atoms with Crippen molar-refractivity contribution in [2.75, 3.05) is 0 Å². The standard InChI is InChI=1S/C15H10BrCl2N3O/c1-7-5-12-13(19-8(7)2)14(22)15(16)20-21(12)9-3-4-10(17)11(18)6-9/h3-6H,1-2H3. The largest absolute Gasteiger partial charge is 0.284 e. The summed E-state index contributed by atoms with van der Waals surface area (Å²) in [4.78, 5) is 16.7. The summed E-state index contributed by atoms with van der Waals surface area (Å²) in [5.41, 5.74) is 3.22. The van der Waals surface area contributed by atoms with Gasteiger partial charge in [-0.2, -0.15) is 5.10 Å². The maximum atomic E-state index is 12.3. The van der Waals surface area contributed by atoms with Crippen LogP contribution in [0.25, 0.3) is 16.7 Å². The Balaban J connectivity index is 2.43. The molecule has 0 fully saturated rings. The Bertz CT molecular complexity index is 969. The monoisotopic (exact) mass is 397 g/mol. The first kappa shape index (κ1) is 15.5. The van der Waals surface area contributed by atoms with E-state index in [-0.39, 0.29) is 10.0 Å².